The minimum absolute atomic E-state index is 0.236. The molecule has 0 saturated heterocycles. The topological polar surface area (TPSA) is 87.7 Å². The predicted molar refractivity (Wildman–Crippen MR) is 193 cm³/mol. The number of fused-ring (bicyclic) bond motifs is 2. The van der Waals surface area contributed by atoms with E-state index >= 15 is 0 Å². The number of hydrogen-bond acceptors (Lipinski definition) is 7. The van der Waals surface area contributed by atoms with Gasteiger partial charge < -0.3 is 23.9 Å². The Bertz CT molecular complexity index is 2120. The van der Waals surface area contributed by atoms with Crippen molar-refractivity contribution in [3.05, 3.63) is 106 Å². The van der Waals surface area contributed by atoms with Crippen LogP contribution in [0.1, 0.15) is 39.4 Å². The first-order valence-electron chi connectivity index (χ1n) is 15.7. The molecule has 6 rings (SSSR count). The van der Waals surface area contributed by atoms with Crippen LogP contribution in [0.25, 0.3) is 32.8 Å². The fraction of sp³-hybridized carbons (Fsp3) is 0.263. The Kier molecular flexibility index (Phi) is 10.0. The zero-order chi connectivity index (χ0) is 33.9. The Morgan fingerprint density at radius 1 is 1.00 bits per heavy atom. The zero-order valence-corrected chi connectivity index (χ0v) is 29.2. The number of ether oxygens (including phenoxy) is 3. The molecule has 0 bridgehead atoms. The zero-order valence-electron chi connectivity index (χ0n) is 27.7. The molecule has 0 aliphatic heterocycles. The van der Waals surface area contributed by atoms with Gasteiger partial charge in [0.15, 0.2) is 0 Å². The molecular weight excluding hydrogens is 646 g/mol. The number of nitrogens with zero attached hydrogens (tertiary/aromatic N) is 3. The number of rotatable bonds is 12. The number of hydrogen-bond donors (Lipinski definition) is 1. The van der Waals surface area contributed by atoms with Crippen LogP contribution < -0.4 is 9.47 Å². The van der Waals surface area contributed by atoms with Gasteiger partial charge in [0.05, 0.1) is 33.1 Å². The largest absolute Gasteiger partial charge is 0.497 e. The van der Waals surface area contributed by atoms with E-state index in [-0.39, 0.29) is 6.61 Å². The van der Waals surface area contributed by atoms with E-state index < -0.39 is 5.97 Å². The van der Waals surface area contributed by atoms with E-state index in [1.807, 2.05) is 61.9 Å². The van der Waals surface area contributed by atoms with Gasteiger partial charge in [0.25, 0.3) is 0 Å². The van der Waals surface area contributed by atoms with Crippen LogP contribution in [-0.2, 0) is 30.7 Å². The van der Waals surface area contributed by atoms with Crippen molar-refractivity contribution in [2.45, 2.75) is 44.1 Å². The molecule has 0 spiro atoms. The van der Waals surface area contributed by atoms with Crippen molar-refractivity contribution in [3.8, 4) is 22.6 Å². The van der Waals surface area contributed by atoms with Crippen LogP contribution in [0.15, 0.2) is 77.7 Å². The molecule has 0 radical (unpaired) electrons. The lowest BCUT2D eigenvalue weighted by atomic mass is 9.97. The van der Waals surface area contributed by atoms with Crippen molar-refractivity contribution >= 4 is 51.0 Å². The quantitative estimate of drug-likeness (QED) is 0.0786. The number of aliphatic hydroxyl groups is 1. The number of aromatic nitrogens is 3. The fourth-order valence-corrected chi connectivity index (χ4v) is 7.48. The second kappa shape index (κ2) is 14.4. The van der Waals surface area contributed by atoms with E-state index in [4.69, 9.17) is 25.8 Å². The molecular formula is C38H38ClN3O5S. The molecule has 1 N–H and O–H groups in total. The number of aliphatic hydroxyl groups excluding tert-OH is 1. The van der Waals surface area contributed by atoms with Crippen molar-refractivity contribution in [2.75, 3.05) is 20.8 Å². The number of carbonyl (C=O) groups excluding carboxylic acids is 1. The van der Waals surface area contributed by atoms with Crippen molar-refractivity contribution in [1.29, 1.82) is 0 Å². The third kappa shape index (κ3) is 6.38. The van der Waals surface area contributed by atoms with Crippen LogP contribution in [0, 0.1) is 13.8 Å². The van der Waals surface area contributed by atoms with Crippen molar-refractivity contribution in [1.82, 2.24) is 14.3 Å². The fourth-order valence-electron chi connectivity index (χ4n) is 6.31. The van der Waals surface area contributed by atoms with E-state index in [2.05, 4.69) is 41.5 Å². The van der Waals surface area contributed by atoms with Gasteiger partial charge >= 0.3 is 5.97 Å². The smallest absolute Gasteiger partial charge is 0.354 e. The van der Waals surface area contributed by atoms with Gasteiger partial charge in [-0.25, -0.2) is 4.79 Å². The summed E-state index contributed by atoms with van der Waals surface area (Å²) in [5, 5.41) is 18.2. The lowest BCUT2D eigenvalue weighted by molar-refractivity contribution is 0.0587. The highest BCUT2D eigenvalue weighted by molar-refractivity contribution is 7.98. The summed E-state index contributed by atoms with van der Waals surface area (Å²) in [5.41, 5.74) is 6.20. The Morgan fingerprint density at radius 2 is 1.77 bits per heavy atom. The minimum atomic E-state index is -0.426. The number of methoxy groups -OCH3 is 2. The second-order valence-electron chi connectivity index (χ2n) is 11.6. The van der Waals surface area contributed by atoms with Crippen LogP contribution in [0.2, 0.25) is 5.02 Å². The summed E-state index contributed by atoms with van der Waals surface area (Å²) in [6.45, 7) is 4.57. The summed E-state index contributed by atoms with van der Waals surface area (Å²) < 4.78 is 20.7. The molecule has 2 aromatic heterocycles. The molecule has 0 unspecified atom stereocenters. The van der Waals surface area contributed by atoms with E-state index in [1.54, 1.807) is 23.6 Å². The van der Waals surface area contributed by atoms with Crippen molar-refractivity contribution in [2.24, 2.45) is 7.05 Å². The summed E-state index contributed by atoms with van der Waals surface area (Å²) >= 11 is 8.61. The first kappa shape index (κ1) is 33.5. The molecule has 48 heavy (non-hydrogen) atoms. The van der Waals surface area contributed by atoms with Gasteiger partial charge in [-0.2, -0.15) is 5.10 Å². The van der Waals surface area contributed by atoms with Gasteiger partial charge in [0, 0.05) is 62.4 Å². The average molecular weight is 684 g/mol. The molecule has 0 fully saturated rings. The summed E-state index contributed by atoms with van der Waals surface area (Å²) in [6, 6.07) is 24.4. The number of thioether (sulfide) groups is 1. The van der Waals surface area contributed by atoms with Crippen LogP contribution in [0.4, 0.5) is 0 Å². The van der Waals surface area contributed by atoms with E-state index in [1.165, 1.54) is 12.7 Å². The maximum Gasteiger partial charge on any atom is 0.354 e. The van der Waals surface area contributed by atoms with Crippen molar-refractivity contribution < 1.29 is 24.1 Å². The normalized spacial score (nSPS) is 11.4. The molecule has 8 nitrogen and oxygen atoms in total. The third-order valence-corrected chi connectivity index (χ3v) is 10.1. The van der Waals surface area contributed by atoms with E-state index in [0.29, 0.717) is 36.0 Å². The van der Waals surface area contributed by atoms with Gasteiger partial charge in [-0.1, -0.05) is 48.0 Å². The summed E-state index contributed by atoms with van der Waals surface area (Å²) in [5.74, 6) is 2.06. The van der Waals surface area contributed by atoms with Crippen LogP contribution in [0.3, 0.4) is 0 Å². The highest BCUT2D eigenvalue weighted by Crippen LogP contribution is 2.42. The van der Waals surface area contributed by atoms with Gasteiger partial charge in [-0.15, -0.1) is 11.8 Å². The Morgan fingerprint density at radius 3 is 2.50 bits per heavy atom. The molecule has 10 heteroatoms. The lowest BCUT2D eigenvalue weighted by Gasteiger charge is -2.14. The molecule has 0 aliphatic rings. The number of esters is 1. The molecule has 0 amide bonds. The summed E-state index contributed by atoms with van der Waals surface area (Å²) in [6.07, 6.45) is 0.635. The highest BCUT2D eigenvalue weighted by atomic mass is 35.5. The summed E-state index contributed by atoms with van der Waals surface area (Å²) in [4.78, 5) is 14.3. The third-order valence-electron chi connectivity index (χ3n) is 8.75. The molecule has 0 atom stereocenters. The predicted octanol–water partition coefficient (Wildman–Crippen LogP) is 8.51. The van der Waals surface area contributed by atoms with Gasteiger partial charge in [-0.3, -0.25) is 4.68 Å². The van der Waals surface area contributed by atoms with Crippen molar-refractivity contribution in [3.63, 3.8) is 0 Å². The van der Waals surface area contributed by atoms with Gasteiger partial charge in [0.1, 0.15) is 17.2 Å². The molecule has 2 heterocycles. The van der Waals surface area contributed by atoms with Crippen LogP contribution in [-0.4, -0.2) is 46.2 Å². The molecule has 6 aromatic rings. The minimum Gasteiger partial charge on any atom is -0.497 e. The molecule has 0 saturated carbocycles. The van der Waals surface area contributed by atoms with Gasteiger partial charge in [0.2, 0.25) is 0 Å². The maximum atomic E-state index is 13.2. The van der Waals surface area contributed by atoms with Crippen LogP contribution in [0.5, 0.6) is 11.5 Å². The van der Waals surface area contributed by atoms with E-state index in [9.17, 15) is 9.90 Å². The number of aryl methyl sites for hydroxylation is 3. The Balaban J connectivity index is 1.28. The standard InChI is InChI=1S/C38H38ClN3O5S/c1-23-34-32(16-15-30(39)36(34)35-24(2)41(3)40-31(35)21-43)42(37(23)38(44)46-5)17-8-18-47-33-20-28(19-26-9-6-7-10-29(26)33)48-22-25-11-13-27(45-4)14-12-25/h6-7,9-16,19-20,43H,8,17-18,21-22H2,1-5H3. The number of carbonyl (C=O) groups is 1. The first-order chi connectivity index (χ1) is 23.2. The SMILES string of the molecule is COC(=O)c1c(C)c2c(-c3c(CO)nn(C)c3C)c(Cl)ccc2n1CCCOc1cc(SCc2ccc(OC)cc2)cc2ccccc12. The number of halogens is 1. The second-order valence-corrected chi connectivity index (χ2v) is 13.1. The van der Waals surface area contributed by atoms with E-state index in [0.717, 1.165) is 66.2 Å². The maximum absolute atomic E-state index is 13.2. The molecule has 0 aliphatic carbocycles. The van der Waals surface area contributed by atoms with Gasteiger partial charge in [-0.05, 0) is 73.2 Å². The average Bonchev–Trinajstić information content (AvgIpc) is 3.56. The monoisotopic (exact) mass is 683 g/mol. The highest BCUT2D eigenvalue weighted by Gasteiger charge is 2.27. The molecule has 248 valence electrons. The first-order valence-corrected chi connectivity index (χ1v) is 17.1. The van der Waals surface area contributed by atoms with Crippen LogP contribution >= 0.6 is 23.4 Å². The summed E-state index contributed by atoms with van der Waals surface area (Å²) in [7, 11) is 4.90. The lowest BCUT2D eigenvalue weighted by Crippen LogP contribution is -2.13. The number of benzene rings is 4. The molecule has 4 aromatic carbocycles. The Labute approximate surface area is 289 Å². The Hall–Kier alpha value is -4.44.